The number of nitrogens with two attached hydrogens (primary N) is 1. The second-order valence-corrected chi connectivity index (χ2v) is 7.18. The van der Waals surface area contributed by atoms with E-state index in [4.69, 9.17) is 17.3 Å². The molecule has 146 valence electrons. The third-order valence-electron chi connectivity index (χ3n) is 4.96. The molecule has 0 bridgehead atoms. The first-order valence-electron chi connectivity index (χ1n) is 9.17. The summed E-state index contributed by atoms with van der Waals surface area (Å²) in [4.78, 5) is 16.8. The van der Waals surface area contributed by atoms with Gasteiger partial charge < -0.3 is 10.6 Å². The molecule has 2 aromatic carbocycles. The van der Waals surface area contributed by atoms with Gasteiger partial charge >= 0.3 is 0 Å². The number of hydrogen-bond donors (Lipinski definition) is 1. The van der Waals surface area contributed by atoms with E-state index in [1.165, 1.54) is 5.56 Å². The lowest BCUT2D eigenvalue weighted by atomic mass is 10.1. The molecule has 0 saturated carbocycles. The van der Waals surface area contributed by atoms with E-state index < -0.39 is 0 Å². The molecule has 0 aliphatic carbocycles. The van der Waals surface area contributed by atoms with Gasteiger partial charge in [-0.15, -0.1) is 0 Å². The molecule has 0 radical (unpaired) electrons. The van der Waals surface area contributed by atoms with Crippen LogP contribution in [0.25, 0.3) is 0 Å². The van der Waals surface area contributed by atoms with Crippen LogP contribution < -0.4 is 5.73 Å². The Balaban J connectivity index is 0.00000261. The van der Waals surface area contributed by atoms with Crippen molar-refractivity contribution >= 4 is 17.5 Å². The largest absolute Gasteiger partial charge is 0.340 e. The van der Waals surface area contributed by atoms with Crippen molar-refractivity contribution in [1.82, 2.24) is 9.80 Å². The molecule has 4 nitrogen and oxygen atoms in total. The predicted molar refractivity (Wildman–Crippen MR) is 113 cm³/mol. The van der Waals surface area contributed by atoms with Gasteiger partial charge in [0.2, 0.25) is 5.91 Å². The van der Waals surface area contributed by atoms with Crippen LogP contribution in [0.2, 0.25) is 5.02 Å². The van der Waals surface area contributed by atoms with Gasteiger partial charge in [0.25, 0.3) is 0 Å². The van der Waals surface area contributed by atoms with Crippen molar-refractivity contribution in [3.8, 4) is 0 Å². The van der Waals surface area contributed by atoms with Gasteiger partial charge in [0.15, 0.2) is 0 Å². The van der Waals surface area contributed by atoms with Crippen molar-refractivity contribution < 1.29 is 4.79 Å². The van der Waals surface area contributed by atoms with Crippen LogP contribution in [0.4, 0.5) is 0 Å². The summed E-state index contributed by atoms with van der Waals surface area (Å²) >= 11 is 6.24. The predicted octanol–water partition coefficient (Wildman–Crippen LogP) is 3.71. The van der Waals surface area contributed by atoms with Gasteiger partial charge in [-0.2, -0.15) is 0 Å². The molecule has 0 atom stereocenters. The number of amides is 1. The standard InChI is InChI=1S/C21H26ClN3O.CH4/c22-20-4-2-1-3-19(20)16-24-11-13-25(14-12-24)21(26)10-9-17-5-7-18(15-23)8-6-17;/h1-8H,9-16,23H2;1H4. The van der Waals surface area contributed by atoms with Gasteiger partial charge in [0.05, 0.1) is 0 Å². The van der Waals surface area contributed by atoms with Crippen LogP contribution in [-0.2, 0) is 24.3 Å². The number of carbonyl (C=O) groups excluding carboxylic acids is 1. The number of carbonyl (C=O) groups is 1. The summed E-state index contributed by atoms with van der Waals surface area (Å²) in [5.41, 5.74) is 9.07. The number of halogens is 1. The highest BCUT2D eigenvalue weighted by molar-refractivity contribution is 6.31. The maximum atomic E-state index is 12.5. The van der Waals surface area contributed by atoms with E-state index in [0.717, 1.165) is 55.3 Å². The van der Waals surface area contributed by atoms with Crippen molar-refractivity contribution in [3.05, 3.63) is 70.2 Å². The van der Waals surface area contributed by atoms with Crippen molar-refractivity contribution in [2.75, 3.05) is 26.2 Å². The fourth-order valence-electron chi connectivity index (χ4n) is 3.27. The molecule has 0 spiro atoms. The van der Waals surface area contributed by atoms with Gasteiger partial charge in [0.1, 0.15) is 0 Å². The Hall–Kier alpha value is -1.88. The highest BCUT2D eigenvalue weighted by atomic mass is 35.5. The highest BCUT2D eigenvalue weighted by Gasteiger charge is 2.21. The molecule has 2 aromatic rings. The van der Waals surface area contributed by atoms with Crippen molar-refractivity contribution in [1.29, 1.82) is 0 Å². The van der Waals surface area contributed by atoms with Gasteiger partial charge in [0, 0.05) is 50.7 Å². The maximum absolute atomic E-state index is 12.5. The summed E-state index contributed by atoms with van der Waals surface area (Å²) in [6, 6.07) is 16.2. The number of benzene rings is 2. The lowest BCUT2D eigenvalue weighted by Crippen LogP contribution is -2.48. The lowest BCUT2D eigenvalue weighted by molar-refractivity contribution is -0.133. The number of rotatable bonds is 6. The van der Waals surface area contributed by atoms with E-state index in [1.807, 2.05) is 35.2 Å². The molecule has 3 rings (SSSR count). The van der Waals surface area contributed by atoms with Gasteiger partial charge in [-0.25, -0.2) is 0 Å². The lowest BCUT2D eigenvalue weighted by Gasteiger charge is -2.35. The second-order valence-electron chi connectivity index (χ2n) is 6.77. The van der Waals surface area contributed by atoms with Crippen LogP contribution in [0.3, 0.4) is 0 Å². The second kappa shape index (κ2) is 10.5. The number of nitrogens with zero attached hydrogens (tertiary/aromatic N) is 2. The third kappa shape index (κ3) is 6.06. The first-order valence-corrected chi connectivity index (χ1v) is 9.55. The highest BCUT2D eigenvalue weighted by Crippen LogP contribution is 2.18. The average molecular weight is 388 g/mol. The molecule has 1 aliphatic rings. The minimum absolute atomic E-state index is 0. The Morgan fingerprint density at radius 3 is 2.22 bits per heavy atom. The summed E-state index contributed by atoms with van der Waals surface area (Å²) in [6.07, 6.45) is 1.34. The molecule has 1 saturated heterocycles. The van der Waals surface area contributed by atoms with E-state index in [1.54, 1.807) is 0 Å². The fourth-order valence-corrected chi connectivity index (χ4v) is 3.47. The molecule has 1 heterocycles. The van der Waals surface area contributed by atoms with Crippen molar-refractivity contribution in [2.45, 2.75) is 33.4 Å². The molecule has 1 aliphatic heterocycles. The first-order chi connectivity index (χ1) is 12.7. The Kier molecular flexibility index (Phi) is 8.29. The zero-order valence-corrected chi connectivity index (χ0v) is 15.8. The normalized spacial score (nSPS) is 14.7. The van der Waals surface area contributed by atoms with Crippen LogP contribution in [0, 0.1) is 0 Å². The Labute approximate surface area is 167 Å². The minimum Gasteiger partial charge on any atom is -0.340 e. The topological polar surface area (TPSA) is 49.6 Å². The minimum atomic E-state index is 0. The molecule has 0 aromatic heterocycles. The fraction of sp³-hybridized carbons (Fsp3) is 0.409. The number of piperazine rings is 1. The summed E-state index contributed by atoms with van der Waals surface area (Å²) in [5.74, 6) is 0.241. The molecular weight excluding hydrogens is 358 g/mol. The summed E-state index contributed by atoms with van der Waals surface area (Å²) < 4.78 is 0. The summed E-state index contributed by atoms with van der Waals surface area (Å²) in [7, 11) is 0. The van der Waals surface area contributed by atoms with E-state index in [0.29, 0.717) is 13.0 Å². The molecular formula is C22H30ClN3O. The van der Waals surface area contributed by atoms with Crippen LogP contribution in [-0.4, -0.2) is 41.9 Å². The Morgan fingerprint density at radius 2 is 1.59 bits per heavy atom. The molecule has 0 unspecified atom stereocenters. The van der Waals surface area contributed by atoms with E-state index in [2.05, 4.69) is 23.1 Å². The summed E-state index contributed by atoms with van der Waals surface area (Å²) in [6.45, 7) is 4.75. The van der Waals surface area contributed by atoms with Crippen LogP contribution in [0.1, 0.15) is 30.5 Å². The maximum Gasteiger partial charge on any atom is 0.222 e. The molecule has 1 amide bonds. The van der Waals surface area contributed by atoms with Crippen LogP contribution in [0.5, 0.6) is 0 Å². The molecule has 5 heteroatoms. The smallest absolute Gasteiger partial charge is 0.222 e. The van der Waals surface area contributed by atoms with Gasteiger partial charge in [-0.05, 0) is 29.2 Å². The molecule has 2 N–H and O–H groups in total. The van der Waals surface area contributed by atoms with Crippen LogP contribution in [0.15, 0.2) is 48.5 Å². The number of hydrogen-bond acceptors (Lipinski definition) is 3. The molecule has 1 fully saturated rings. The first kappa shape index (κ1) is 21.4. The van der Waals surface area contributed by atoms with E-state index in [-0.39, 0.29) is 13.3 Å². The van der Waals surface area contributed by atoms with Crippen molar-refractivity contribution in [2.24, 2.45) is 5.73 Å². The quantitative estimate of drug-likeness (QED) is 0.821. The third-order valence-corrected chi connectivity index (χ3v) is 5.33. The summed E-state index contributed by atoms with van der Waals surface area (Å²) in [5, 5.41) is 0.812. The Bertz CT molecular complexity index is 725. The zero-order valence-electron chi connectivity index (χ0n) is 15.0. The van der Waals surface area contributed by atoms with E-state index >= 15 is 0 Å². The van der Waals surface area contributed by atoms with Crippen molar-refractivity contribution in [3.63, 3.8) is 0 Å². The Morgan fingerprint density at radius 1 is 0.963 bits per heavy atom. The van der Waals surface area contributed by atoms with Gasteiger partial charge in [-0.1, -0.05) is 61.5 Å². The molecule has 27 heavy (non-hydrogen) atoms. The van der Waals surface area contributed by atoms with Gasteiger partial charge in [-0.3, -0.25) is 9.69 Å². The van der Waals surface area contributed by atoms with E-state index in [9.17, 15) is 4.79 Å². The number of aryl methyl sites for hydroxylation is 1. The SMILES string of the molecule is C.NCc1ccc(CCC(=O)N2CCN(Cc3ccccc3Cl)CC2)cc1. The average Bonchev–Trinajstić information content (AvgIpc) is 2.69. The van der Waals surface area contributed by atoms with Crippen LogP contribution >= 0.6 is 11.6 Å². The monoisotopic (exact) mass is 387 g/mol. The zero-order chi connectivity index (χ0) is 18.4.